The highest BCUT2D eigenvalue weighted by Gasteiger charge is 2.38. The van der Waals surface area contributed by atoms with Crippen LogP contribution in [0.15, 0.2) is 48.5 Å². The van der Waals surface area contributed by atoms with Crippen LogP contribution in [-0.4, -0.2) is 60.0 Å². The maximum Gasteiger partial charge on any atom is 0.222 e. The first-order valence-corrected chi connectivity index (χ1v) is 11.4. The van der Waals surface area contributed by atoms with Crippen LogP contribution in [0.1, 0.15) is 30.4 Å². The van der Waals surface area contributed by atoms with Gasteiger partial charge in [-0.05, 0) is 25.0 Å². The van der Waals surface area contributed by atoms with Crippen molar-refractivity contribution < 1.29 is 28.2 Å². The van der Waals surface area contributed by atoms with E-state index in [-0.39, 0.29) is 55.4 Å². The van der Waals surface area contributed by atoms with Crippen LogP contribution in [0.2, 0.25) is 0 Å². The van der Waals surface area contributed by atoms with Crippen molar-refractivity contribution in [1.82, 2.24) is 10.2 Å². The van der Waals surface area contributed by atoms with E-state index in [1.54, 1.807) is 36.4 Å². The zero-order valence-corrected chi connectivity index (χ0v) is 18.5. The number of hydrogen-bond donors (Lipinski definition) is 2. The van der Waals surface area contributed by atoms with Gasteiger partial charge in [0.25, 0.3) is 0 Å². The summed E-state index contributed by atoms with van der Waals surface area (Å²) in [6, 6.07) is 12.9. The standard InChI is InChI=1S/C25H30F2N2O4/c26-21-7-3-1-5-17(21)12-28-25(31)11-20-9-10-23-24(33-20)16-32-15-19(30)14-29(23)13-18-6-2-4-8-22(18)27/h1-8,19-20,23-24,30H,9-16H2,(H,28,31)/t19-,20-,23-,24+/m1/s1. The van der Waals surface area contributed by atoms with Gasteiger partial charge in [-0.3, -0.25) is 9.69 Å². The molecule has 8 heteroatoms. The average molecular weight is 461 g/mol. The number of amides is 1. The molecule has 33 heavy (non-hydrogen) atoms. The van der Waals surface area contributed by atoms with Gasteiger partial charge in [-0.2, -0.15) is 0 Å². The first kappa shape index (κ1) is 23.8. The lowest BCUT2D eigenvalue weighted by Gasteiger charge is -2.44. The second-order valence-electron chi connectivity index (χ2n) is 8.73. The molecule has 0 aromatic heterocycles. The molecule has 6 nitrogen and oxygen atoms in total. The molecular weight excluding hydrogens is 430 g/mol. The molecule has 0 radical (unpaired) electrons. The molecule has 2 saturated heterocycles. The third-order valence-electron chi connectivity index (χ3n) is 6.27. The summed E-state index contributed by atoms with van der Waals surface area (Å²) in [5.41, 5.74) is 1.01. The first-order valence-electron chi connectivity index (χ1n) is 11.4. The summed E-state index contributed by atoms with van der Waals surface area (Å²) in [5, 5.41) is 13.0. The molecule has 178 valence electrons. The Hall–Kier alpha value is -2.39. The van der Waals surface area contributed by atoms with Gasteiger partial charge in [0.2, 0.25) is 5.91 Å². The number of β-amino-alcohol motifs (C(OH)–C–C–N with tert-alkyl or cyclic N) is 1. The molecule has 0 spiro atoms. The second kappa shape index (κ2) is 11.2. The van der Waals surface area contributed by atoms with Gasteiger partial charge in [0, 0.05) is 36.8 Å². The van der Waals surface area contributed by atoms with E-state index < -0.39 is 6.10 Å². The fourth-order valence-electron chi connectivity index (χ4n) is 4.59. The van der Waals surface area contributed by atoms with Crippen LogP contribution in [0.3, 0.4) is 0 Å². The average Bonchev–Trinajstić information content (AvgIpc) is 2.79. The number of carbonyl (C=O) groups is 1. The molecule has 2 N–H and O–H groups in total. The first-order chi connectivity index (χ1) is 16.0. The van der Waals surface area contributed by atoms with E-state index in [0.717, 1.165) is 6.42 Å². The predicted octanol–water partition coefficient (Wildman–Crippen LogP) is 2.78. The smallest absolute Gasteiger partial charge is 0.222 e. The number of halogens is 2. The third kappa shape index (κ3) is 6.35. The summed E-state index contributed by atoms with van der Waals surface area (Å²) in [6.45, 7) is 1.31. The van der Waals surface area contributed by atoms with Crippen LogP contribution in [0.25, 0.3) is 0 Å². The number of nitrogens with one attached hydrogen (secondary N) is 1. The van der Waals surface area contributed by atoms with Gasteiger partial charge in [0.15, 0.2) is 0 Å². The summed E-state index contributed by atoms with van der Waals surface area (Å²) in [4.78, 5) is 14.5. The Balaban J connectivity index is 1.36. The molecule has 0 bridgehead atoms. The quantitative estimate of drug-likeness (QED) is 0.694. The van der Waals surface area contributed by atoms with E-state index in [2.05, 4.69) is 10.2 Å². The molecular formula is C25H30F2N2O4. The highest BCUT2D eigenvalue weighted by molar-refractivity contribution is 5.76. The molecule has 0 aliphatic carbocycles. The number of hydrogen-bond acceptors (Lipinski definition) is 5. The zero-order chi connectivity index (χ0) is 23.2. The Morgan fingerprint density at radius 3 is 2.45 bits per heavy atom. The molecule has 2 fully saturated rings. The topological polar surface area (TPSA) is 71.0 Å². The lowest BCUT2D eigenvalue weighted by Crippen LogP contribution is -2.55. The van der Waals surface area contributed by atoms with Crippen molar-refractivity contribution >= 4 is 5.91 Å². The molecule has 1 amide bonds. The Bertz CT molecular complexity index is 944. The van der Waals surface area contributed by atoms with Crippen LogP contribution in [-0.2, 0) is 27.4 Å². The van der Waals surface area contributed by atoms with E-state index in [0.29, 0.717) is 37.2 Å². The number of carbonyl (C=O) groups excluding carboxylic acids is 1. The number of rotatable bonds is 6. The molecule has 4 rings (SSSR count). The van der Waals surface area contributed by atoms with Crippen molar-refractivity contribution in [1.29, 1.82) is 0 Å². The fourth-order valence-corrected chi connectivity index (χ4v) is 4.59. The van der Waals surface area contributed by atoms with Crippen LogP contribution >= 0.6 is 0 Å². The van der Waals surface area contributed by atoms with Gasteiger partial charge in [-0.15, -0.1) is 0 Å². The largest absolute Gasteiger partial charge is 0.389 e. The molecule has 2 aliphatic heterocycles. The molecule has 2 heterocycles. The maximum atomic E-state index is 14.3. The Morgan fingerprint density at radius 1 is 1.03 bits per heavy atom. The summed E-state index contributed by atoms with van der Waals surface area (Å²) < 4.78 is 39.9. The molecule has 4 atom stereocenters. The zero-order valence-electron chi connectivity index (χ0n) is 18.5. The predicted molar refractivity (Wildman–Crippen MR) is 118 cm³/mol. The van der Waals surface area contributed by atoms with E-state index in [9.17, 15) is 18.7 Å². The van der Waals surface area contributed by atoms with Crippen LogP contribution in [0, 0.1) is 11.6 Å². The fraction of sp³-hybridized carbons (Fsp3) is 0.480. The minimum absolute atomic E-state index is 0.0581. The molecule has 2 aromatic carbocycles. The van der Waals surface area contributed by atoms with E-state index in [1.165, 1.54) is 12.1 Å². The SMILES string of the molecule is O=C(C[C@H]1CC[C@@H]2[C@H](COC[C@H](O)CN2Cc2ccccc2F)O1)NCc1ccccc1F. The molecule has 0 saturated carbocycles. The Kier molecular flexibility index (Phi) is 8.03. The lowest BCUT2D eigenvalue weighted by atomic mass is 9.94. The van der Waals surface area contributed by atoms with Gasteiger partial charge >= 0.3 is 0 Å². The van der Waals surface area contributed by atoms with Crippen LogP contribution < -0.4 is 5.32 Å². The highest BCUT2D eigenvalue weighted by atomic mass is 19.1. The highest BCUT2D eigenvalue weighted by Crippen LogP contribution is 2.29. The number of aliphatic hydroxyl groups excluding tert-OH is 1. The van der Waals surface area contributed by atoms with Crippen molar-refractivity contribution in [2.75, 3.05) is 19.8 Å². The molecule has 2 aromatic rings. The second-order valence-corrected chi connectivity index (χ2v) is 8.73. The minimum atomic E-state index is -0.667. The van der Waals surface area contributed by atoms with Crippen molar-refractivity contribution in [2.24, 2.45) is 0 Å². The van der Waals surface area contributed by atoms with Crippen LogP contribution in [0.4, 0.5) is 8.78 Å². The summed E-state index contributed by atoms with van der Waals surface area (Å²) >= 11 is 0. The van der Waals surface area contributed by atoms with Gasteiger partial charge in [0.05, 0.1) is 37.9 Å². The van der Waals surface area contributed by atoms with Crippen molar-refractivity contribution in [3.8, 4) is 0 Å². The van der Waals surface area contributed by atoms with Crippen LogP contribution in [0.5, 0.6) is 0 Å². The monoisotopic (exact) mass is 460 g/mol. The Labute approximate surface area is 192 Å². The molecule has 0 unspecified atom stereocenters. The van der Waals surface area contributed by atoms with E-state index in [1.807, 2.05) is 0 Å². The minimum Gasteiger partial charge on any atom is -0.389 e. The summed E-state index contributed by atoms with van der Waals surface area (Å²) in [7, 11) is 0. The maximum absolute atomic E-state index is 14.3. The normalized spacial score (nSPS) is 26.2. The van der Waals surface area contributed by atoms with Crippen molar-refractivity contribution in [3.05, 3.63) is 71.3 Å². The number of benzene rings is 2. The van der Waals surface area contributed by atoms with Gasteiger partial charge in [-0.1, -0.05) is 36.4 Å². The Morgan fingerprint density at radius 2 is 1.73 bits per heavy atom. The third-order valence-corrected chi connectivity index (χ3v) is 6.27. The van der Waals surface area contributed by atoms with E-state index in [4.69, 9.17) is 9.47 Å². The van der Waals surface area contributed by atoms with Gasteiger partial charge < -0.3 is 19.9 Å². The van der Waals surface area contributed by atoms with Crippen molar-refractivity contribution in [2.45, 2.75) is 56.7 Å². The summed E-state index contributed by atoms with van der Waals surface area (Å²) in [6.07, 6.45) is 0.323. The van der Waals surface area contributed by atoms with Crippen molar-refractivity contribution in [3.63, 3.8) is 0 Å². The van der Waals surface area contributed by atoms with E-state index >= 15 is 0 Å². The van der Waals surface area contributed by atoms with Gasteiger partial charge in [0.1, 0.15) is 11.6 Å². The molecule has 2 aliphatic rings. The number of ether oxygens (including phenoxy) is 2. The number of aliphatic hydroxyl groups is 1. The lowest BCUT2D eigenvalue weighted by molar-refractivity contribution is -0.158. The summed E-state index contributed by atoms with van der Waals surface area (Å²) in [5.74, 6) is -0.826. The van der Waals surface area contributed by atoms with Gasteiger partial charge in [-0.25, -0.2) is 8.78 Å². The number of nitrogens with zero attached hydrogens (tertiary/aromatic N) is 1. The number of fused-ring (bicyclic) bond motifs is 1.